The molecular weight excluding hydrogens is 284 g/mol. The van der Waals surface area contributed by atoms with E-state index in [1.165, 1.54) is 20.9 Å². The molecule has 0 N–H and O–H groups in total. The Labute approximate surface area is 125 Å². The number of hydrogen-bond donors (Lipinski definition) is 0. The lowest BCUT2D eigenvalue weighted by Gasteiger charge is -2.26. The normalized spacial score (nSPS) is 15.5. The van der Waals surface area contributed by atoms with Crippen molar-refractivity contribution < 1.29 is 0 Å². The van der Waals surface area contributed by atoms with Gasteiger partial charge in [-0.3, -0.25) is 0 Å². The first-order valence-electron chi connectivity index (χ1n) is 6.57. The van der Waals surface area contributed by atoms with Crippen molar-refractivity contribution in [2.75, 3.05) is 0 Å². The van der Waals surface area contributed by atoms with Crippen LogP contribution in [0.25, 0.3) is 11.1 Å². The van der Waals surface area contributed by atoms with Crippen LogP contribution in [0.3, 0.4) is 0 Å². The van der Waals surface area contributed by atoms with Crippen LogP contribution in [0.1, 0.15) is 0 Å². The van der Waals surface area contributed by atoms with Gasteiger partial charge >= 0.3 is 0 Å². The summed E-state index contributed by atoms with van der Waals surface area (Å²) in [5.74, 6) is 0. The molecule has 0 bridgehead atoms. The molecule has 0 radical (unpaired) electrons. The molecule has 0 aromatic heterocycles. The van der Waals surface area contributed by atoms with E-state index in [0.717, 1.165) is 0 Å². The predicted octanol–water partition coefficient (Wildman–Crippen LogP) is 5.75. The molecule has 0 spiro atoms. The Balaban J connectivity index is 2.18. The average Bonchev–Trinajstić information content (AvgIpc) is 2.55. The lowest BCUT2D eigenvalue weighted by Crippen LogP contribution is -2.32. The number of thioether (sulfide) groups is 2. The van der Waals surface area contributed by atoms with E-state index in [1.807, 2.05) is 0 Å². The third kappa shape index (κ3) is 2.64. The largest absolute Gasteiger partial charge is 0.114 e. The van der Waals surface area contributed by atoms with Gasteiger partial charge in [-0.25, -0.2) is 0 Å². The summed E-state index contributed by atoms with van der Waals surface area (Å²) in [4.78, 5) is 2.87. The van der Waals surface area contributed by atoms with Crippen LogP contribution < -0.4 is 0 Å². The van der Waals surface area contributed by atoms with E-state index < -0.39 is 8.07 Å². The fourth-order valence-electron chi connectivity index (χ4n) is 2.19. The molecular formula is C16H18S2Si. The van der Waals surface area contributed by atoms with Crippen LogP contribution >= 0.6 is 23.5 Å². The van der Waals surface area contributed by atoms with Crippen LogP contribution in [0.4, 0.5) is 0 Å². The van der Waals surface area contributed by atoms with Gasteiger partial charge < -0.3 is 0 Å². The van der Waals surface area contributed by atoms with E-state index in [-0.39, 0.29) is 0 Å². The number of rotatable bonds is 1. The molecule has 2 aromatic rings. The minimum absolute atomic E-state index is 0.678. The first-order chi connectivity index (χ1) is 9.05. The molecule has 0 atom stereocenters. The van der Waals surface area contributed by atoms with Crippen LogP contribution in [-0.2, 0) is 0 Å². The number of benzene rings is 2. The highest BCUT2D eigenvalue weighted by Crippen LogP contribution is 2.50. The molecule has 1 heterocycles. The van der Waals surface area contributed by atoms with Gasteiger partial charge in [0.15, 0.2) is 0 Å². The molecule has 1 aliphatic heterocycles. The second-order valence-corrected chi connectivity index (χ2v) is 14.7. The van der Waals surface area contributed by atoms with Crippen LogP contribution in [0.15, 0.2) is 58.3 Å². The minimum Gasteiger partial charge on any atom is -0.114 e. The van der Waals surface area contributed by atoms with Crippen molar-refractivity contribution in [3.8, 4) is 11.1 Å². The van der Waals surface area contributed by atoms with Gasteiger partial charge in [-0.05, 0) is 23.3 Å². The van der Waals surface area contributed by atoms with Gasteiger partial charge in [0.1, 0.15) is 0 Å². The fourth-order valence-corrected chi connectivity index (χ4v) is 7.98. The zero-order valence-corrected chi connectivity index (χ0v) is 14.1. The second kappa shape index (κ2) is 5.04. The second-order valence-electron chi connectivity index (χ2n) is 5.93. The maximum atomic E-state index is 2.47. The van der Waals surface area contributed by atoms with Crippen molar-refractivity contribution in [1.29, 1.82) is 0 Å². The zero-order chi connectivity index (χ0) is 13.5. The molecule has 0 saturated heterocycles. The standard InChI is InChI=1S/C16H18S2Si/c1-19(2,3)16-17-14-10-6-4-8-12(14)13-9-5-7-11-15(13)18-16/h4-11,16H,1-3H3. The highest BCUT2D eigenvalue weighted by molar-refractivity contribution is 8.19. The molecule has 0 nitrogen and oxygen atoms in total. The number of fused-ring (bicyclic) bond motifs is 3. The molecule has 0 saturated carbocycles. The van der Waals surface area contributed by atoms with Gasteiger partial charge in [-0.1, -0.05) is 56.0 Å². The Morgan fingerprint density at radius 2 is 1.16 bits per heavy atom. The first-order valence-corrected chi connectivity index (χ1v) is 11.9. The summed E-state index contributed by atoms with van der Waals surface area (Å²) in [6.07, 6.45) is 0. The van der Waals surface area contributed by atoms with Crippen molar-refractivity contribution in [2.24, 2.45) is 0 Å². The van der Waals surface area contributed by atoms with Crippen molar-refractivity contribution in [1.82, 2.24) is 0 Å². The SMILES string of the molecule is C[Si](C)(C)C1Sc2ccccc2-c2ccccc2S1. The Morgan fingerprint density at radius 3 is 1.58 bits per heavy atom. The first kappa shape index (κ1) is 13.3. The van der Waals surface area contributed by atoms with Crippen LogP contribution in [0, 0.1) is 0 Å². The van der Waals surface area contributed by atoms with Gasteiger partial charge in [0.2, 0.25) is 0 Å². The minimum atomic E-state index is -1.20. The topological polar surface area (TPSA) is 0 Å². The molecule has 98 valence electrons. The lowest BCUT2D eigenvalue weighted by molar-refractivity contribution is 1.39. The van der Waals surface area contributed by atoms with Gasteiger partial charge in [0.25, 0.3) is 0 Å². The monoisotopic (exact) mass is 302 g/mol. The van der Waals surface area contributed by atoms with Gasteiger partial charge in [0.05, 0.1) is 12.3 Å². The van der Waals surface area contributed by atoms with E-state index in [2.05, 4.69) is 91.7 Å². The highest BCUT2D eigenvalue weighted by Gasteiger charge is 2.32. The molecule has 0 amide bonds. The Morgan fingerprint density at radius 1 is 0.737 bits per heavy atom. The van der Waals surface area contributed by atoms with Crippen molar-refractivity contribution >= 4 is 31.6 Å². The summed E-state index contributed by atoms with van der Waals surface area (Å²) in [6.45, 7) is 7.40. The maximum Gasteiger partial charge on any atom is 0.0722 e. The number of hydrogen-bond acceptors (Lipinski definition) is 2. The lowest BCUT2D eigenvalue weighted by atomic mass is 10.1. The fraction of sp³-hybridized carbons (Fsp3) is 0.250. The third-order valence-electron chi connectivity index (χ3n) is 3.24. The van der Waals surface area contributed by atoms with Crippen LogP contribution in [0.2, 0.25) is 19.6 Å². The quantitative estimate of drug-likeness (QED) is 0.615. The third-order valence-corrected chi connectivity index (χ3v) is 11.8. The van der Waals surface area contributed by atoms with E-state index in [0.29, 0.717) is 4.21 Å². The summed E-state index contributed by atoms with van der Waals surface area (Å²) in [5.41, 5.74) is 2.80. The van der Waals surface area contributed by atoms with Crippen molar-refractivity contribution in [2.45, 2.75) is 33.6 Å². The van der Waals surface area contributed by atoms with Gasteiger partial charge in [-0.15, -0.1) is 23.5 Å². The van der Waals surface area contributed by atoms with Crippen LogP contribution in [-0.4, -0.2) is 12.3 Å². The molecule has 1 aliphatic rings. The maximum absolute atomic E-state index is 2.47. The van der Waals surface area contributed by atoms with Gasteiger partial charge in [0, 0.05) is 9.79 Å². The predicted molar refractivity (Wildman–Crippen MR) is 90.7 cm³/mol. The Kier molecular flexibility index (Phi) is 3.54. The van der Waals surface area contributed by atoms with E-state index in [1.54, 1.807) is 0 Å². The Hall–Kier alpha value is -0.643. The summed E-state index contributed by atoms with van der Waals surface area (Å²) < 4.78 is 0.678. The molecule has 3 rings (SSSR count). The molecule has 0 fully saturated rings. The average molecular weight is 303 g/mol. The smallest absolute Gasteiger partial charge is 0.0722 e. The van der Waals surface area contributed by atoms with E-state index in [9.17, 15) is 0 Å². The molecule has 19 heavy (non-hydrogen) atoms. The summed E-state index contributed by atoms with van der Waals surface area (Å²) in [7, 11) is -1.20. The molecule has 0 aliphatic carbocycles. The van der Waals surface area contributed by atoms with E-state index >= 15 is 0 Å². The Bertz CT molecular complexity index is 554. The zero-order valence-electron chi connectivity index (χ0n) is 11.5. The molecule has 3 heteroatoms. The van der Waals surface area contributed by atoms with Crippen LogP contribution in [0.5, 0.6) is 0 Å². The van der Waals surface area contributed by atoms with Gasteiger partial charge in [-0.2, -0.15) is 0 Å². The summed E-state index contributed by atoms with van der Waals surface area (Å²) in [6, 6.07) is 17.7. The molecule has 0 unspecified atom stereocenters. The highest BCUT2D eigenvalue weighted by atomic mass is 32.2. The van der Waals surface area contributed by atoms with Crippen molar-refractivity contribution in [3.05, 3.63) is 48.5 Å². The van der Waals surface area contributed by atoms with E-state index in [4.69, 9.17) is 0 Å². The summed E-state index contributed by atoms with van der Waals surface area (Å²) in [5, 5.41) is 0. The van der Waals surface area contributed by atoms with Crippen molar-refractivity contribution in [3.63, 3.8) is 0 Å². The molecule has 2 aromatic carbocycles. The summed E-state index contributed by atoms with van der Waals surface area (Å²) >= 11 is 4.13.